The van der Waals surface area contributed by atoms with Gasteiger partial charge in [-0.25, -0.2) is 17.9 Å². The molecular weight excluding hydrogens is 317 g/mol. The van der Waals surface area contributed by atoms with Crippen LogP contribution in [0.3, 0.4) is 0 Å². The van der Waals surface area contributed by atoms with Crippen LogP contribution in [0.15, 0.2) is 23.1 Å². The molecule has 1 atom stereocenters. The molecule has 9 heteroatoms. The predicted octanol–water partition coefficient (Wildman–Crippen LogP) is 0.806. The van der Waals surface area contributed by atoms with Gasteiger partial charge in [0, 0.05) is 16.6 Å². The molecule has 0 spiro atoms. The number of carbonyl (C=O) groups is 1. The van der Waals surface area contributed by atoms with Crippen LogP contribution in [-0.2, 0) is 19.6 Å². The number of hydrogen-bond donors (Lipinski definition) is 2. The summed E-state index contributed by atoms with van der Waals surface area (Å²) in [5, 5.41) is 9.59. The van der Waals surface area contributed by atoms with Crippen LogP contribution in [0.1, 0.15) is 0 Å². The third-order valence-corrected chi connectivity index (χ3v) is 3.93. The molecule has 19 heavy (non-hydrogen) atoms. The molecule has 0 fully saturated rings. The minimum absolute atomic E-state index is 0.154. The zero-order valence-corrected chi connectivity index (χ0v) is 12.1. The molecule has 0 aliphatic heterocycles. The van der Waals surface area contributed by atoms with Gasteiger partial charge in [-0.1, -0.05) is 23.2 Å². The van der Waals surface area contributed by atoms with Crippen molar-refractivity contribution in [1.82, 2.24) is 4.72 Å². The second-order valence-electron chi connectivity index (χ2n) is 3.50. The number of esters is 1. The number of aliphatic hydroxyl groups excluding tert-OH is 1. The van der Waals surface area contributed by atoms with Gasteiger partial charge < -0.3 is 9.84 Å². The summed E-state index contributed by atoms with van der Waals surface area (Å²) in [5.74, 6) is -0.938. The number of carbonyl (C=O) groups excluding carboxylic acids is 1. The van der Waals surface area contributed by atoms with Crippen molar-refractivity contribution in [2.75, 3.05) is 13.7 Å². The van der Waals surface area contributed by atoms with Crippen molar-refractivity contribution >= 4 is 39.2 Å². The molecule has 1 rings (SSSR count). The molecule has 0 heterocycles. The lowest BCUT2D eigenvalue weighted by molar-refractivity contribution is -0.149. The zero-order chi connectivity index (χ0) is 14.6. The smallest absolute Gasteiger partial charge is 0.336 e. The largest absolute Gasteiger partial charge is 0.467 e. The van der Waals surface area contributed by atoms with Gasteiger partial charge >= 0.3 is 5.97 Å². The average Bonchev–Trinajstić information content (AvgIpc) is 2.33. The molecule has 0 aromatic heterocycles. The normalized spacial score (nSPS) is 13.1. The number of ether oxygens (including phenoxy) is 1. The Morgan fingerprint density at radius 3 is 2.37 bits per heavy atom. The van der Waals surface area contributed by atoms with Crippen molar-refractivity contribution in [3.63, 3.8) is 0 Å². The summed E-state index contributed by atoms with van der Waals surface area (Å²) in [5.41, 5.74) is 0. The van der Waals surface area contributed by atoms with E-state index in [-0.39, 0.29) is 14.9 Å². The van der Waals surface area contributed by atoms with Crippen LogP contribution in [0.2, 0.25) is 10.0 Å². The lowest BCUT2D eigenvalue weighted by Gasteiger charge is -2.10. The van der Waals surface area contributed by atoms with E-state index in [2.05, 4.69) is 4.74 Å². The van der Waals surface area contributed by atoms with E-state index >= 15 is 0 Å². The highest BCUT2D eigenvalue weighted by atomic mass is 35.5. The van der Waals surface area contributed by atoms with E-state index in [0.717, 1.165) is 7.11 Å². The average molecular weight is 328 g/mol. The van der Waals surface area contributed by atoms with E-state index in [1.165, 1.54) is 18.2 Å². The predicted molar refractivity (Wildman–Crippen MR) is 69.7 cm³/mol. The van der Waals surface area contributed by atoms with E-state index < -0.39 is 28.6 Å². The van der Waals surface area contributed by atoms with Crippen molar-refractivity contribution in [2.24, 2.45) is 0 Å². The van der Waals surface area contributed by atoms with Crippen molar-refractivity contribution in [1.29, 1.82) is 0 Å². The van der Waals surface area contributed by atoms with Gasteiger partial charge in [-0.2, -0.15) is 0 Å². The van der Waals surface area contributed by atoms with Crippen molar-refractivity contribution in [2.45, 2.75) is 11.0 Å². The van der Waals surface area contributed by atoms with E-state index in [4.69, 9.17) is 23.2 Å². The summed E-state index contributed by atoms with van der Waals surface area (Å²) >= 11 is 11.4. The second-order valence-corrected chi connectivity index (χ2v) is 6.14. The molecule has 1 unspecified atom stereocenters. The molecule has 106 valence electrons. The van der Waals surface area contributed by atoms with E-state index in [0.29, 0.717) is 0 Å². The number of sulfonamides is 1. The van der Waals surface area contributed by atoms with Gasteiger partial charge in [0.15, 0.2) is 6.10 Å². The lowest BCUT2D eigenvalue weighted by Crippen LogP contribution is -2.37. The minimum Gasteiger partial charge on any atom is -0.467 e. The van der Waals surface area contributed by atoms with E-state index in [1.54, 1.807) is 0 Å². The highest BCUT2D eigenvalue weighted by molar-refractivity contribution is 7.89. The monoisotopic (exact) mass is 327 g/mol. The molecule has 0 saturated carbocycles. The number of nitrogens with one attached hydrogen (secondary N) is 1. The van der Waals surface area contributed by atoms with Gasteiger partial charge in [0.1, 0.15) is 0 Å². The number of aliphatic hydroxyl groups is 1. The maximum absolute atomic E-state index is 11.9. The van der Waals surface area contributed by atoms with Crippen LogP contribution in [0.25, 0.3) is 0 Å². The van der Waals surface area contributed by atoms with Crippen LogP contribution in [0.4, 0.5) is 0 Å². The maximum atomic E-state index is 11.9. The third-order valence-electron chi connectivity index (χ3n) is 2.09. The van der Waals surface area contributed by atoms with Gasteiger partial charge in [-0.15, -0.1) is 0 Å². The molecule has 0 radical (unpaired) electrons. The molecule has 1 aromatic carbocycles. The van der Waals surface area contributed by atoms with E-state index in [9.17, 15) is 18.3 Å². The fourth-order valence-electron chi connectivity index (χ4n) is 1.18. The number of methoxy groups -OCH3 is 1. The first kappa shape index (κ1) is 16.2. The topological polar surface area (TPSA) is 92.7 Å². The van der Waals surface area contributed by atoms with Crippen LogP contribution in [0, 0.1) is 0 Å². The first-order valence-electron chi connectivity index (χ1n) is 4.98. The second kappa shape index (κ2) is 6.53. The molecule has 0 aliphatic rings. The van der Waals surface area contributed by atoms with Crippen molar-refractivity contribution in [3.05, 3.63) is 28.2 Å². The van der Waals surface area contributed by atoms with Gasteiger partial charge in [0.2, 0.25) is 10.0 Å². The fourth-order valence-corrected chi connectivity index (χ4v) is 2.94. The summed E-state index contributed by atoms with van der Waals surface area (Å²) < 4.78 is 30.0. The van der Waals surface area contributed by atoms with Gasteiger partial charge in [0.25, 0.3) is 0 Å². The number of benzene rings is 1. The molecule has 2 N–H and O–H groups in total. The van der Waals surface area contributed by atoms with E-state index in [1.807, 2.05) is 4.72 Å². The molecule has 1 aromatic rings. The first-order chi connectivity index (χ1) is 8.76. The maximum Gasteiger partial charge on any atom is 0.336 e. The Morgan fingerprint density at radius 1 is 1.37 bits per heavy atom. The summed E-state index contributed by atoms with van der Waals surface area (Å²) in [4.78, 5) is 10.8. The number of halogens is 2. The van der Waals surface area contributed by atoms with Crippen LogP contribution >= 0.6 is 23.2 Å². The summed E-state index contributed by atoms with van der Waals surface area (Å²) in [7, 11) is -2.85. The third kappa shape index (κ3) is 4.63. The van der Waals surface area contributed by atoms with Gasteiger partial charge in [-0.05, 0) is 18.2 Å². The Hall–Kier alpha value is -0.860. The Bertz CT molecular complexity index is 555. The zero-order valence-electron chi connectivity index (χ0n) is 9.76. The SMILES string of the molecule is COC(=O)C(O)CNS(=O)(=O)c1cc(Cl)cc(Cl)c1. The number of rotatable bonds is 5. The Balaban J connectivity index is 2.84. The molecule has 0 bridgehead atoms. The van der Waals surface area contributed by atoms with Gasteiger partial charge in [-0.3, -0.25) is 0 Å². The Morgan fingerprint density at radius 2 is 1.89 bits per heavy atom. The first-order valence-corrected chi connectivity index (χ1v) is 7.22. The summed E-state index contributed by atoms with van der Waals surface area (Å²) in [6, 6.07) is 3.77. The van der Waals surface area contributed by atoms with Crippen LogP contribution < -0.4 is 4.72 Å². The molecule has 6 nitrogen and oxygen atoms in total. The Labute approximate surface area is 120 Å². The Kier molecular flexibility index (Phi) is 5.57. The molecule has 0 saturated heterocycles. The highest BCUT2D eigenvalue weighted by Crippen LogP contribution is 2.22. The standard InChI is InChI=1S/C10H11Cl2NO5S/c1-18-10(15)9(14)5-13-19(16,17)8-3-6(11)2-7(12)4-8/h2-4,9,13-14H,5H2,1H3. The van der Waals surface area contributed by atoms with Crippen LogP contribution in [0.5, 0.6) is 0 Å². The molecular formula is C10H11Cl2NO5S. The quantitative estimate of drug-likeness (QED) is 0.780. The van der Waals surface area contributed by atoms with Crippen molar-refractivity contribution in [3.8, 4) is 0 Å². The highest BCUT2D eigenvalue weighted by Gasteiger charge is 2.21. The lowest BCUT2D eigenvalue weighted by atomic mass is 10.4. The number of hydrogen-bond acceptors (Lipinski definition) is 5. The van der Waals surface area contributed by atoms with Gasteiger partial charge in [0.05, 0.1) is 12.0 Å². The minimum atomic E-state index is -3.93. The summed E-state index contributed by atoms with van der Waals surface area (Å²) in [6.45, 7) is -0.515. The van der Waals surface area contributed by atoms with Crippen molar-refractivity contribution < 1.29 is 23.1 Å². The molecule has 0 amide bonds. The molecule has 0 aliphatic carbocycles. The van der Waals surface area contributed by atoms with Crippen LogP contribution in [-0.4, -0.2) is 39.3 Å². The fraction of sp³-hybridized carbons (Fsp3) is 0.300. The summed E-state index contributed by atoms with van der Waals surface area (Å²) in [6.07, 6.45) is -1.59.